The van der Waals surface area contributed by atoms with E-state index in [1.54, 1.807) is 0 Å². The van der Waals surface area contributed by atoms with E-state index in [-0.39, 0.29) is 11.8 Å². The fourth-order valence-corrected chi connectivity index (χ4v) is 3.60. The number of nitrogens with zero attached hydrogens (tertiary/aromatic N) is 2. The monoisotopic (exact) mass is 344 g/mol. The quantitative estimate of drug-likeness (QED) is 0.843. The van der Waals surface area contributed by atoms with Gasteiger partial charge >= 0.3 is 0 Å². The molecule has 2 heterocycles. The van der Waals surface area contributed by atoms with Gasteiger partial charge in [-0.1, -0.05) is 19.1 Å². The van der Waals surface area contributed by atoms with Crippen LogP contribution in [0.1, 0.15) is 43.7 Å². The van der Waals surface area contributed by atoms with Crippen molar-refractivity contribution in [2.75, 3.05) is 32.8 Å². The molecule has 0 spiro atoms. The summed E-state index contributed by atoms with van der Waals surface area (Å²) in [5.74, 6) is 1.33. The van der Waals surface area contributed by atoms with Gasteiger partial charge in [-0.25, -0.2) is 0 Å². The third-order valence-electron chi connectivity index (χ3n) is 4.99. The van der Waals surface area contributed by atoms with Crippen molar-refractivity contribution in [2.24, 2.45) is 0 Å². The van der Waals surface area contributed by atoms with Crippen LogP contribution in [-0.2, 0) is 22.4 Å². The van der Waals surface area contributed by atoms with Gasteiger partial charge in [0.2, 0.25) is 11.8 Å². The second kappa shape index (κ2) is 8.37. The highest BCUT2D eigenvalue weighted by atomic mass is 16.5. The minimum atomic E-state index is 0.154. The van der Waals surface area contributed by atoms with Crippen LogP contribution in [0.25, 0.3) is 0 Å². The first-order chi connectivity index (χ1) is 12.2. The second-order valence-electron chi connectivity index (χ2n) is 6.94. The molecule has 1 aromatic carbocycles. The first-order valence-corrected chi connectivity index (χ1v) is 9.47. The first kappa shape index (κ1) is 17.8. The number of carbonyl (C=O) groups excluding carboxylic acids is 2. The molecule has 2 amide bonds. The van der Waals surface area contributed by atoms with Crippen LogP contribution < -0.4 is 4.74 Å². The zero-order valence-electron chi connectivity index (χ0n) is 15.1. The molecule has 0 aliphatic carbocycles. The van der Waals surface area contributed by atoms with E-state index in [4.69, 9.17) is 4.74 Å². The number of hydrogen-bond donors (Lipinski definition) is 0. The molecule has 5 nitrogen and oxygen atoms in total. The third-order valence-corrected chi connectivity index (χ3v) is 4.99. The highest BCUT2D eigenvalue weighted by Gasteiger charge is 2.22. The summed E-state index contributed by atoms with van der Waals surface area (Å²) in [7, 11) is 0. The van der Waals surface area contributed by atoms with E-state index in [1.165, 1.54) is 5.56 Å². The number of aryl methyl sites for hydroxylation is 1. The van der Waals surface area contributed by atoms with Gasteiger partial charge in [0, 0.05) is 32.6 Å². The Morgan fingerprint density at radius 2 is 1.80 bits per heavy atom. The summed E-state index contributed by atoms with van der Waals surface area (Å²) in [6.45, 7) is 5.61. The van der Waals surface area contributed by atoms with Gasteiger partial charge in [0.05, 0.1) is 13.0 Å². The molecule has 2 aliphatic heterocycles. The number of amides is 2. The van der Waals surface area contributed by atoms with E-state index in [0.29, 0.717) is 25.9 Å². The van der Waals surface area contributed by atoms with Crippen molar-refractivity contribution >= 4 is 11.8 Å². The fourth-order valence-electron chi connectivity index (χ4n) is 3.60. The number of carbonyl (C=O) groups is 2. The summed E-state index contributed by atoms with van der Waals surface area (Å²) in [4.78, 5) is 28.6. The summed E-state index contributed by atoms with van der Waals surface area (Å²) in [5, 5.41) is 0. The lowest BCUT2D eigenvalue weighted by molar-refractivity contribution is -0.133. The lowest BCUT2D eigenvalue weighted by atomic mass is 10.0. The van der Waals surface area contributed by atoms with E-state index >= 15 is 0 Å². The SMILES string of the molecule is CCCC(=O)N1CCCN(C(=O)Cc2ccc3c(c2)CCCO3)CC1. The number of rotatable bonds is 4. The van der Waals surface area contributed by atoms with Crippen molar-refractivity contribution in [2.45, 2.75) is 45.4 Å². The summed E-state index contributed by atoms with van der Waals surface area (Å²) in [6, 6.07) is 6.10. The van der Waals surface area contributed by atoms with Crippen LogP contribution in [0.5, 0.6) is 5.75 Å². The van der Waals surface area contributed by atoms with E-state index < -0.39 is 0 Å². The van der Waals surface area contributed by atoms with Crippen LogP contribution in [0.15, 0.2) is 18.2 Å². The van der Waals surface area contributed by atoms with Gasteiger partial charge in [-0.05, 0) is 42.9 Å². The minimum absolute atomic E-state index is 0.154. The standard InChI is InChI=1S/C20H28N2O3/c1-2-5-19(23)21-9-4-10-22(12-11-21)20(24)15-16-7-8-18-17(14-16)6-3-13-25-18/h7-8,14H,2-6,9-13,15H2,1H3. The van der Waals surface area contributed by atoms with Crippen LogP contribution >= 0.6 is 0 Å². The van der Waals surface area contributed by atoms with E-state index in [2.05, 4.69) is 6.07 Å². The molecule has 0 unspecified atom stereocenters. The molecular weight excluding hydrogens is 316 g/mol. The summed E-state index contributed by atoms with van der Waals surface area (Å²) in [5.41, 5.74) is 2.26. The van der Waals surface area contributed by atoms with Crippen molar-refractivity contribution < 1.29 is 14.3 Å². The molecule has 136 valence electrons. The van der Waals surface area contributed by atoms with Crippen LogP contribution in [0.4, 0.5) is 0 Å². The van der Waals surface area contributed by atoms with E-state index in [1.807, 2.05) is 28.9 Å². The summed E-state index contributed by atoms with van der Waals surface area (Å²) in [6.07, 6.45) is 4.83. The molecule has 0 radical (unpaired) electrons. The van der Waals surface area contributed by atoms with Crippen molar-refractivity contribution in [3.63, 3.8) is 0 Å². The maximum absolute atomic E-state index is 12.7. The molecule has 0 saturated carbocycles. The maximum Gasteiger partial charge on any atom is 0.227 e. The van der Waals surface area contributed by atoms with Gasteiger partial charge < -0.3 is 14.5 Å². The van der Waals surface area contributed by atoms with Crippen LogP contribution in [0.3, 0.4) is 0 Å². The van der Waals surface area contributed by atoms with Gasteiger partial charge in [0.15, 0.2) is 0 Å². The molecule has 25 heavy (non-hydrogen) atoms. The van der Waals surface area contributed by atoms with Gasteiger partial charge in [0.25, 0.3) is 0 Å². The number of hydrogen-bond acceptors (Lipinski definition) is 3. The molecule has 0 bridgehead atoms. The van der Waals surface area contributed by atoms with E-state index in [9.17, 15) is 9.59 Å². The van der Waals surface area contributed by atoms with Gasteiger partial charge in [-0.2, -0.15) is 0 Å². The zero-order valence-corrected chi connectivity index (χ0v) is 15.1. The predicted octanol–water partition coefficient (Wildman–Crippen LogP) is 2.42. The summed E-state index contributed by atoms with van der Waals surface area (Å²) >= 11 is 0. The van der Waals surface area contributed by atoms with Gasteiger partial charge in [0.1, 0.15) is 5.75 Å². The predicted molar refractivity (Wildman–Crippen MR) is 96.6 cm³/mol. The van der Waals surface area contributed by atoms with Gasteiger partial charge in [-0.15, -0.1) is 0 Å². The molecule has 1 aromatic rings. The first-order valence-electron chi connectivity index (χ1n) is 9.47. The van der Waals surface area contributed by atoms with E-state index in [0.717, 1.165) is 56.7 Å². The maximum atomic E-state index is 12.7. The Hall–Kier alpha value is -2.04. The highest BCUT2D eigenvalue weighted by molar-refractivity contribution is 5.79. The normalized spacial score (nSPS) is 17.5. The second-order valence-corrected chi connectivity index (χ2v) is 6.94. The number of fused-ring (bicyclic) bond motifs is 1. The Morgan fingerprint density at radius 1 is 1.04 bits per heavy atom. The average molecular weight is 344 g/mol. The summed E-state index contributed by atoms with van der Waals surface area (Å²) < 4.78 is 5.64. The molecule has 1 saturated heterocycles. The van der Waals surface area contributed by atoms with Gasteiger partial charge in [-0.3, -0.25) is 9.59 Å². The Morgan fingerprint density at radius 3 is 2.56 bits per heavy atom. The average Bonchev–Trinajstić information content (AvgIpc) is 2.88. The van der Waals surface area contributed by atoms with Crippen molar-refractivity contribution in [1.29, 1.82) is 0 Å². The minimum Gasteiger partial charge on any atom is -0.493 e. The third kappa shape index (κ3) is 4.53. The largest absolute Gasteiger partial charge is 0.493 e. The highest BCUT2D eigenvalue weighted by Crippen LogP contribution is 2.26. The van der Waals surface area contributed by atoms with Crippen LogP contribution in [0.2, 0.25) is 0 Å². The van der Waals surface area contributed by atoms with Crippen molar-refractivity contribution in [3.05, 3.63) is 29.3 Å². The molecule has 0 atom stereocenters. The molecule has 5 heteroatoms. The molecule has 3 rings (SSSR count). The molecule has 1 fully saturated rings. The van der Waals surface area contributed by atoms with Crippen LogP contribution in [0, 0.1) is 0 Å². The zero-order chi connectivity index (χ0) is 17.6. The lowest BCUT2D eigenvalue weighted by Crippen LogP contribution is -2.37. The lowest BCUT2D eigenvalue weighted by Gasteiger charge is -2.23. The molecule has 0 N–H and O–H groups in total. The van der Waals surface area contributed by atoms with Crippen molar-refractivity contribution in [1.82, 2.24) is 9.80 Å². The molecular formula is C20H28N2O3. The smallest absolute Gasteiger partial charge is 0.227 e. The Labute approximate surface area is 149 Å². The van der Waals surface area contributed by atoms with Crippen molar-refractivity contribution in [3.8, 4) is 5.75 Å². The topological polar surface area (TPSA) is 49.9 Å². The fraction of sp³-hybridized carbons (Fsp3) is 0.600. The molecule has 0 aromatic heterocycles. The van der Waals surface area contributed by atoms with Crippen LogP contribution in [-0.4, -0.2) is 54.4 Å². The molecule has 2 aliphatic rings. The Kier molecular flexibility index (Phi) is 5.95. The number of ether oxygens (including phenoxy) is 1. The number of benzene rings is 1. The Balaban J connectivity index is 1.57. The Bertz CT molecular complexity index is 629.